The van der Waals surface area contributed by atoms with Gasteiger partial charge in [-0.1, -0.05) is 78.9 Å². The van der Waals surface area contributed by atoms with Crippen LogP contribution in [-0.4, -0.2) is 19.5 Å². The van der Waals surface area contributed by atoms with Crippen LogP contribution < -0.4 is 4.74 Å². The largest absolute Gasteiger partial charge is 0.497 e. The third-order valence-corrected chi connectivity index (χ3v) is 8.89. The first-order valence-corrected chi connectivity index (χ1v) is 15.4. The van der Waals surface area contributed by atoms with E-state index in [0.29, 0.717) is 19.8 Å². The molecule has 1 fully saturated rings. The third-order valence-electron chi connectivity index (χ3n) is 8.89. The zero-order chi connectivity index (χ0) is 28.8. The molecule has 2 unspecified atom stereocenters. The van der Waals surface area contributed by atoms with Crippen molar-refractivity contribution in [2.45, 2.75) is 77.0 Å². The van der Waals surface area contributed by atoms with Crippen molar-refractivity contribution in [2.24, 2.45) is 0 Å². The molecule has 0 N–H and O–H groups in total. The molecule has 1 aliphatic heterocycles. The molecule has 6 rings (SSSR count). The quantitative estimate of drug-likeness (QED) is 0.184. The Morgan fingerprint density at radius 3 is 2.19 bits per heavy atom. The van der Waals surface area contributed by atoms with Gasteiger partial charge < -0.3 is 18.9 Å². The van der Waals surface area contributed by atoms with Gasteiger partial charge in [-0.3, -0.25) is 0 Å². The van der Waals surface area contributed by atoms with E-state index >= 15 is 0 Å². The lowest BCUT2D eigenvalue weighted by atomic mass is 9.86. The van der Waals surface area contributed by atoms with Crippen LogP contribution in [0.3, 0.4) is 0 Å². The molecule has 42 heavy (non-hydrogen) atoms. The Morgan fingerprint density at radius 2 is 1.48 bits per heavy atom. The second kappa shape index (κ2) is 13.2. The van der Waals surface area contributed by atoms with Crippen LogP contribution in [0.5, 0.6) is 5.75 Å². The Bertz CT molecular complexity index is 1450. The Morgan fingerprint density at radius 1 is 0.786 bits per heavy atom. The SMILES string of the molecule is COc1ccc(Cc2cc(C3CCCC(COCc4ccccc4)(OCc4ccccc4)O3)c3c(c2C)CCC3)cc1. The van der Waals surface area contributed by atoms with E-state index in [4.69, 9.17) is 18.9 Å². The minimum absolute atomic E-state index is 0.0167. The lowest BCUT2D eigenvalue weighted by Crippen LogP contribution is -2.44. The number of ether oxygens (including phenoxy) is 4. The molecule has 0 bridgehead atoms. The van der Waals surface area contributed by atoms with Gasteiger partial charge in [0.15, 0.2) is 5.79 Å². The minimum Gasteiger partial charge on any atom is -0.497 e. The molecule has 4 aromatic carbocycles. The molecule has 0 aromatic heterocycles. The third kappa shape index (κ3) is 6.62. The molecule has 4 nitrogen and oxygen atoms in total. The van der Waals surface area contributed by atoms with E-state index in [-0.39, 0.29) is 6.10 Å². The summed E-state index contributed by atoms with van der Waals surface area (Å²) in [5.74, 6) is 0.0992. The smallest absolute Gasteiger partial charge is 0.192 e. The summed E-state index contributed by atoms with van der Waals surface area (Å²) in [6.45, 7) is 3.74. The molecule has 0 saturated carbocycles. The number of hydrogen-bond donors (Lipinski definition) is 0. The summed E-state index contributed by atoms with van der Waals surface area (Å²) in [7, 11) is 1.71. The predicted octanol–water partition coefficient (Wildman–Crippen LogP) is 8.45. The average molecular weight is 563 g/mol. The summed E-state index contributed by atoms with van der Waals surface area (Å²) in [6, 6.07) is 31.6. The summed E-state index contributed by atoms with van der Waals surface area (Å²) >= 11 is 0. The molecule has 2 atom stereocenters. The van der Waals surface area contributed by atoms with Crippen LogP contribution in [0.1, 0.15) is 76.3 Å². The van der Waals surface area contributed by atoms with E-state index in [1.807, 2.05) is 12.1 Å². The molecule has 1 aliphatic carbocycles. The zero-order valence-electron chi connectivity index (χ0n) is 24.9. The van der Waals surface area contributed by atoms with Crippen molar-refractivity contribution in [3.8, 4) is 5.75 Å². The van der Waals surface area contributed by atoms with E-state index in [1.165, 1.54) is 39.8 Å². The summed E-state index contributed by atoms with van der Waals surface area (Å²) in [6.07, 6.45) is 7.20. The number of benzene rings is 4. The standard InChI is InChI=1S/C38H42O4/c1-28-32(23-29-18-20-33(39-2)21-19-29)24-36(35-16-9-15-34(28)35)37-17-10-22-38(42-37,41-26-31-13-7-4-8-14-31)27-40-25-30-11-5-3-6-12-30/h3-8,11-14,18-21,24,37H,9-10,15-17,22-23,25-27H2,1-2H3. The highest BCUT2D eigenvalue weighted by Crippen LogP contribution is 2.43. The molecule has 4 heteroatoms. The van der Waals surface area contributed by atoms with Gasteiger partial charge in [0.05, 0.1) is 26.4 Å². The van der Waals surface area contributed by atoms with Crippen molar-refractivity contribution >= 4 is 0 Å². The predicted molar refractivity (Wildman–Crippen MR) is 167 cm³/mol. The molecule has 1 heterocycles. The van der Waals surface area contributed by atoms with Crippen molar-refractivity contribution in [2.75, 3.05) is 13.7 Å². The van der Waals surface area contributed by atoms with Gasteiger partial charge in [-0.15, -0.1) is 0 Å². The molecule has 0 amide bonds. The van der Waals surface area contributed by atoms with Gasteiger partial charge in [-0.05, 0) is 102 Å². The van der Waals surface area contributed by atoms with E-state index in [2.05, 4.69) is 85.8 Å². The van der Waals surface area contributed by atoms with Crippen molar-refractivity contribution in [3.05, 3.63) is 136 Å². The zero-order valence-corrected chi connectivity index (χ0v) is 24.9. The van der Waals surface area contributed by atoms with Gasteiger partial charge in [0.25, 0.3) is 0 Å². The number of rotatable bonds is 11. The van der Waals surface area contributed by atoms with Crippen LogP contribution in [-0.2, 0) is 46.7 Å². The van der Waals surface area contributed by atoms with Crippen molar-refractivity contribution in [3.63, 3.8) is 0 Å². The maximum atomic E-state index is 7.06. The fourth-order valence-electron chi connectivity index (χ4n) is 6.58. The fourth-order valence-corrected chi connectivity index (χ4v) is 6.58. The lowest BCUT2D eigenvalue weighted by molar-refractivity contribution is -0.307. The molecule has 0 radical (unpaired) electrons. The van der Waals surface area contributed by atoms with Crippen LogP contribution in [0.4, 0.5) is 0 Å². The first-order valence-electron chi connectivity index (χ1n) is 15.4. The fraction of sp³-hybridized carbons (Fsp3) is 0.368. The number of fused-ring (bicyclic) bond motifs is 1. The molecule has 2 aliphatic rings. The summed E-state index contributed by atoms with van der Waals surface area (Å²) < 4.78 is 25.4. The van der Waals surface area contributed by atoms with Crippen LogP contribution >= 0.6 is 0 Å². The van der Waals surface area contributed by atoms with E-state index in [9.17, 15) is 0 Å². The highest BCUT2D eigenvalue weighted by Gasteiger charge is 2.41. The summed E-state index contributed by atoms with van der Waals surface area (Å²) in [5, 5.41) is 0. The van der Waals surface area contributed by atoms with Gasteiger partial charge in [-0.25, -0.2) is 0 Å². The van der Waals surface area contributed by atoms with Crippen molar-refractivity contribution < 1.29 is 18.9 Å². The monoisotopic (exact) mass is 562 g/mol. The van der Waals surface area contributed by atoms with Gasteiger partial charge in [-0.2, -0.15) is 0 Å². The average Bonchev–Trinajstić information content (AvgIpc) is 3.54. The minimum atomic E-state index is -0.792. The molecule has 0 spiro atoms. The highest BCUT2D eigenvalue weighted by atomic mass is 16.7. The first kappa shape index (κ1) is 28.7. The Balaban J connectivity index is 1.27. The van der Waals surface area contributed by atoms with Crippen LogP contribution in [0.25, 0.3) is 0 Å². The molecular weight excluding hydrogens is 520 g/mol. The Hall–Kier alpha value is -3.44. The van der Waals surface area contributed by atoms with Crippen LogP contribution in [0.2, 0.25) is 0 Å². The molecule has 4 aromatic rings. The second-order valence-corrected chi connectivity index (χ2v) is 11.7. The van der Waals surface area contributed by atoms with Gasteiger partial charge in [0, 0.05) is 6.42 Å². The van der Waals surface area contributed by atoms with Crippen LogP contribution in [0.15, 0.2) is 91.0 Å². The van der Waals surface area contributed by atoms with Crippen molar-refractivity contribution in [1.82, 2.24) is 0 Å². The highest BCUT2D eigenvalue weighted by molar-refractivity contribution is 5.50. The number of hydrogen-bond acceptors (Lipinski definition) is 4. The lowest BCUT2D eigenvalue weighted by Gasteiger charge is -2.41. The maximum Gasteiger partial charge on any atom is 0.192 e. The van der Waals surface area contributed by atoms with Crippen LogP contribution in [0, 0.1) is 6.92 Å². The summed E-state index contributed by atoms with van der Waals surface area (Å²) in [5.41, 5.74) is 10.8. The molecule has 218 valence electrons. The van der Waals surface area contributed by atoms with E-state index in [0.717, 1.165) is 55.4 Å². The second-order valence-electron chi connectivity index (χ2n) is 11.7. The Kier molecular flexibility index (Phi) is 9.04. The van der Waals surface area contributed by atoms with Gasteiger partial charge in [0.1, 0.15) is 12.4 Å². The maximum absolute atomic E-state index is 7.06. The number of methoxy groups -OCH3 is 1. The first-order chi connectivity index (χ1) is 20.6. The molecular formula is C38H42O4. The van der Waals surface area contributed by atoms with Crippen molar-refractivity contribution in [1.29, 1.82) is 0 Å². The van der Waals surface area contributed by atoms with E-state index in [1.54, 1.807) is 7.11 Å². The summed E-state index contributed by atoms with van der Waals surface area (Å²) in [4.78, 5) is 0. The normalized spacial score (nSPS) is 19.9. The van der Waals surface area contributed by atoms with E-state index < -0.39 is 5.79 Å². The Labute approximate surface area is 250 Å². The molecule has 1 saturated heterocycles. The van der Waals surface area contributed by atoms with Gasteiger partial charge >= 0.3 is 0 Å². The topological polar surface area (TPSA) is 36.9 Å². The van der Waals surface area contributed by atoms with Gasteiger partial charge in [0.2, 0.25) is 0 Å².